The molecule has 4 rings (SSSR count). The molecule has 1 fully saturated rings. The molecule has 170 valence electrons. The maximum atomic E-state index is 12.9. The summed E-state index contributed by atoms with van der Waals surface area (Å²) in [6, 6.07) is 14.1. The van der Waals surface area contributed by atoms with Gasteiger partial charge in [-0.25, -0.2) is 0 Å². The van der Waals surface area contributed by atoms with E-state index >= 15 is 0 Å². The van der Waals surface area contributed by atoms with Crippen molar-refractivity contribution in [1.29, 1.82) is 0 Å². The fourth-order valence-corrected chi connectivity index (χ4v) is 4.82. The van der Waals surface area contributed by atoms with Crippen molar-refractivity contribution in [3.8, 4) is 11.5 Å². The molecule has 2 aromatic carbocycles. The van der Waals surface area contributed by atoms with Crippen molar-refractivity contribution in [2.24, 2.45) is 11.7 Å². The third-order valence-corrected chi connectivity index (χ3v) is 6.76. The van der Waals surface area contributed by atoms with E-state index in [1.54, 1.807) is 13.2 Å². The van der Waals surface area contributed by atoms with Gasteiger partial charge in [0.05, 0.1) is 13.2 Å². The van der Waals surface area contributed by atoms with E-state index in [2.05, 4.69) is 6.07 Å². The Morgan fingerprint density at radius 2 is 2.03 bits per heavy atom. The molecule has 1 aliphatic carbocycles. The fourth-order valence-electron chi connectivity index (χ4n) is 4.82. The molecule has 1 aliphatic heterocycles. The highest BCUT2D eigenvalue weighted by Gasteiger charge is 2.44. The van der Waals surface area contributed by atoms with Crippen LogP contribution in [0.5, 0.6) is 11.5 Å². The first-order chi connectivity index (χ1) is 15.6. The molecule has 1 spiro atoms. The minimum Gasteiger partial charge on any atom is -0.493 e. The first-order valence-corrected chi connectivity index (χ1v) is 11.5. The molecule has 32 heavy (non-hydrogen) atoms. The maximum absolute atomic E-state index is 12.9. The van der Waals surface area contributed by atoms with E-state index in [-0.39, 0.29) is 17.1 Å². The molecule has 0 radical (unpaired) electrons. The molecule has 0 bridgehead atoms. The summed E-state index contributed by atoms with van der Waals surface area (Å²) in [6.07, 6.45) is 8.21. The van der Waals surface area contributed by atoms with Crippen LogP contribution in [0.25, 0.3) is 6.08 Å². The molecule has 1 saturated carbocycles. The van der Waals surface area contributed by atoms with Crippen LogP contribution >= 0.6 is 0 Å². The fraction of sp³-hybridized carbons (Fsp3) is 0.444. The van der Waals surface area contributed by atoms with Gasteiger partial charge >= 0.3 is 0 Å². The van der Waals surface area contributed by atoms with E-state index in [9.17, 15) is 4.79 Å². The molecule has 0 amide bonds. The Morgan fingerprint density at radius 1 is 1.19 bits per heavy atom. The molecule has 0 unspecified atom stereocenters. The van der Waals surface area contributed by atoms with Gasteiger partial charge in [0.25, 0.3) is 0 Å². The number of ether oxygens (including phenoxy) is 3. The number of hydrogen-bond donors (Lipinski definition) is 1. The van der Waals surface area contributed by atoms with Crippen LogP contribution in [0.15, 0.2) is 48.5 Å². The zero-order chi connectivity index (χ0) is 22.4. The second-order valence-electron chi connectivity index (χ2n) is 8.88. The lowest BCUT2D eigenvalue weighted by Crippen LogP contribution is -2.35. The van der Waals surface area contributed by atoms with E-state index in [0.717, 1.165) is 54.7 Å². The predicted molar refractivity (Wildman–Crippen MR) is 126 cm³/mol. The second-order valence-corrected chi connectivity index (χ2v) is 8.88. The number of rotatable bonds is 9. The minimum absolute atomic E-state index is 0.0372. The zero-order valence-corrected chi connectivity index (χ0v) is 18.8. The lowest BCUT2D eigenvalue weighted by atomic mass is 9.67. The summed E-state index contributed by atoms with van der Waals surface area (Å²) in [6.45, 7) is 2.55. The number of carbonyl (C=O) groups excluding carboxylic acids is 1. The maximum Gasteiger partial charge on any atom is 0.158 e. The number of methoxy groups -OCH3 is 1. The van der Waals surface area contributed by atoms with Crippen molar-refractivity contribution in [3.63, 3.8) is 0 Å². The van der Waals surface area contributed by atoms with Crippen molar-refractivity contribution >= 4 is 11.9 Å². The zero-order valence-electron chi connectivity index (χ0n) is 18.8. The monoisotopic (exact) mass is 435 g/mol. The van der Waals surface area contributed by atoms with E-state index in [4.69, 9.17) is 19.9 Å². The summed E-state index contributed by atoms with van der Waals surface area (Å²) < 4.78 is 16.8. The van der Waals surface area contributed by atoms with Crippen molar-refractivity contribution < 1.29 is 19.0 Å². The van der Waals surface area contributed by atoms with Gasteiger partial charge in [0.1, 0.15) is 11.5 Å². The highest BCUT2D eigenvalue weighted by Crippen LogP contribution is 2.49. The Kier molecular flexibility index (Phi) is 7.28. The molecule has 5 heteroatoms. The largest absolute Gasteiger partial charge is 0.493 e. The van der Waals surface area contributed by atoms with Crippen LogP contribution in [0.3, 0.4) is 0 Å². The van der Waals surface area contributed by atoms with Gasteiger partial charge in [-0.3, -0.25) is 4.79 Å². The smallest absolute Gasteiger partial charge is 0.158 e. The lowest BCUT2D eigenvalue weighted by molar-refractivity contribution is -0.119. The second kappa shape index (κ2) is 10.3. The van der Waals surface area contributed by atoms with Crippen LogP contribution < -0.4 is 15.2 Å². The number of allylic oxidation sites excluding steroid dienone is 1. The van der Waals surface area contributed by atoms with Gasteiger partial charge < -0.3 is 19.9 Å². The lowest BCUT2D eigenvalue weighted by Gasteiger charge is -2.35. The van der Waals surface area contributed by atoms with Gasteiger partial charge in [-0.2, -0.15) is 0 Å². The van der Waals surface area contributed by atoms with Gasteiger partial charge in [-0.05, 0) is 61.1 Å². The van der Waals surface area contributed by atoms with Crippen LogP contribution in [-0.2, 0) is 21.5 Å². The Morgan fingerprint density at radius 3 is 2.81 bits per heavy atom. The molecule has 2 aliphatic rings. The Balaban J connectivity index is 1.34. The first-order valence-electron chi connectivity index (χ1n) is 11.5. The summed E-state index contributed by atoms with van der Waals surface area (Å²) in [4.78, 5) is 12.9. The average molecular weight is 436 g/mol. The Hall–Kier alpha value is -2.63. The Bertz CT molecular complexity index is 960. The number of benzene rings is 2. The molecule has 5 nitrogen and oxygen atoms in total. The molecular weight excluding hydrogens is 402 g/mol. The highest BCUT2D eigenvalue weighted by molar-refractivity contribution is 5.95. The predicted octanol–water partition coefficient (Wildman–Crippen LogP) is 4.66. The molecular formula is C27H33NO4. The topological polar surface area (TPSA) is 70.8 Å². The van der Waals surface area contributed by atoms with E-state index in [1.165, 1.54) is 5.56 Å². The van der Waals surface area contributed by atoms with Crippen molar-refractivity contribution in [3.05, 3.63) is 65.2 Å². The summed E-state index contributed by atoms with van der Waals surface area (Å²) in [5.74, 6) is 2.08. The number of fused-ring (bicyclic) bond motifs is 2. The summed E-state index contributed by atoms with van der Waals surface area (Å²) in [5, 5.41) is 0. The number of hydrogen-bond acceptors (Lipinski definition) is 5. The van der Waals surface area contributed by atoms with Crippen LogP contribution in [0.2, 0.25) is 0 Å². The number of ketones is 1. The molecule has 0 atom stereocenters. The average Bonchev–Trinajstić information content (AvgIpc) is 3.18. The van der Waals surface area contributed by atoms with Gasteiger partial charge in [-0.1, -0.05) is 30.3 Å². The normalized spacial score (nSPS) is 22.1. The SMILES string of the molecule is COCCCOc1cccc(/C=C/C(=O)C2CCC3(CC2)COc2ccc(CN)cc23)c1. The summed E-state index contributed by atoms with van der Waals surface area (Å²) >= 11 is 0. The van der Waals surface area contributed by atoms with Crippen molar-refractivity contribution in [2.75, 3.05) is 26.9 Å². The number of carbonyl (C=O) groups is 1. The van der Waals surface area contributed by atoms with Crippen LogP contribution in [-0.4, -0.2) is 32.7 Å². The molecule has 2 N–H and O–H groups in total. The first kappa shape index (κ1) is 22.6. The third-order valence-electron chi connectivity index (χ3n) is 6.76. The van der Waals surface area contributed by atoms with Gasteiger partial charge in [0.15, 0.2) is 5.78 Å². The van der Waals surface area contributed by atoms with Crippen molar-refractivity contribution in [1.82, 2.24) is 0 Å². The summed E-state index contributed by atoms with van der Waals surface area (Å²) in [5.41, 5.74) is 9.28. The molecule has 1 heterocycles. The van der Waals surface area contributed by atoms with Crippen LogP contribution in [0, 0.1) is 5.92 Å². The van der Waals surface area contributed by atoms with Gasteiger partial charge in [-0.15, -0.1) is 0 Å². The Labute approximate surface area is 190 Å². The van der Waals surface area contributed by atoms with Gasteiger partial charge in [0, 0.05) is 43.6 Å². The van der Waals surface area contributed by atoms with E-state index in [1.807, 2.05) is 42.5 Å². The minimum atomic E-state index is 0.0372. The van der Waals surface area contributed by atoms with E-state index < -0.39 is 0 Å². The molecule has 2 aromatic rings. The van der Waals surface area contributed by atoms with Gasteiger partial charge in [0.2, 0.25) is 0 Å². The highest BCUT2D eigenvalue weighted by atomic mass is 16.5. The van der Waals surface area contributed by atoms with Crippen LogP contribution in [0.1, 0.15) is 48.8 Å². The van der Waals surface area contributed by atoms with Crippen LogP contribution in [0.4, 0.5) is 0 Å². The number of nitrogens with two attached hydrogens (primary N) is 1. The molecule has 0 saturated heterocycles. The third kappa shape index (κ3) is 5.05. The van der Waals surface area contributed by atoms with Crippen molar-refractivity contribution in [2.45, 2.75) is 44.1 Å². The molecule has 0 aromatic heterocycles. The standard InChI is InChI=1S/C27H33NO4/c1-30-14-3-15-31-23-5-2-4-20(16-23)6-8-25(29)22-10-12-27(13-11-22)19-32-26-9-7-21(18-28)17-24(26)27/h2,4-9,16-17,22H,3,10-15,18-19,28H2,1H3/b8-6+. The quantitative estimate of drug-likeness (QED) is 0.458. The summed E-state index contributed by atoms with van der Waals surface area (Å²) in [7, 11) is 1.69. The van der Waals surface area contributed by atoms with E-state index in [0.29, 0.717) is 26.4 Å².